The van der Waals surface area contributed by atoms with Gasteiger partial charge < -0.3 is 10.3 Å². The molecule has 17 heavy (non-hydrogen) atoms. The van der Waals surface area contributed by atoms with E-state index in [1.165, 1.54) is 0 Å². The van der Waals surface area contributed by atoms with Gasteiger partial charge in [0.1, 0.15) is 0 Å². The van der Waals surface area contributed by atoms with Crippen LogP contribution in [0.25, 0.3) is 22.2 Å². The van der Waals surface area contributed by atoms with E-state index in [1.54, 1.807) is 6.20 Å². The van der Waals surface area contributed by atoms with Crippen LogP contribution in [0.5, 0.6) is 0 Å². The quantitative estimate of drug-likeness (QED) is 0.683. The van der Waals surface area contributed by atoms with Gasteiger partial charge in [-0.25, -0.2) is 4.98 Å². The molecule has 0 spiro atoms. The molecule has 84 valence electrons. The normalized spacial score (nSPS) is 10.9. The van der Waals surface area contributed by atoms with E-state index >= 15 is 0 Å². The van der Waals surface area contributed by atoms with Crippen molar-refractivity contribution in [1.29, 1.82) is 0 Å². The number of aromatic nitrogens is 4. The van der Waals surface area contributed by atoms with Crippen LogP contribution in [0.15, 0.2) is 36.7 Å². The average molecular weight is 225 g/mol. The van der Waals surface area contributed by atoms with Gasteiger partial charge in [-0.3, -0.25) is 0 Å². The molecule has 3 aromatic rings. The first-order valence-corrected chi connectivity index (χ1v) is 5.25. The summed E-state index contributed by atoms with van der Waals surface area (Å²) >= 11 is 0. The number of benzene rings is 1. The highest BCUT2D eigenvalue weighted by atomic mass is 15.2. The lowest BCUT2D eigenvalue weighted by Crippen LogP contribution is -1.97. The summed E-state index contributed by atoms with van der Waals surface area (Å²) in [6, 6.07) is 8.14. The Morgan fingerprint density at radius 1 is 1.24 bits per heavy atom. The third-order valence-electron chi connectivity index (χ3n) is 2.75. The van der Waals surface area contributed by atoms with Crippen molar-refractivity contribution in [2.45, 2.75) is 0 Å². The molecular weight excluding hydrogens is 214 g/mol. The number of anilines is 1. The van der Waals surface area contributed by atoms with Gasteiger partial charge in [0.2, 0.25) is 5.95 Å². The number of nitrogens with two attached hydrogens (primary N) is 1. The summed E-state index contributed by atoms with van der Waals surface area (Å²) in [5.74, 6) is 0.190. The summed E-state index contributed by atoms with van der Waals surface area (Å²) in [5, 5.41) is 8.63. The first-order chi connectivity index (χ1) is 8.25. The minimum atomic E-state index is 0.190. The van der Waals surface area contributed by atoms with E-state index < -0.39 is 0 Å². The second-order valence-corrected chi connectivity index (χ2v) is 3.87. The molecule has 0 aliphatic rings. The molecule has 2 N–H and O–H groups in total. The first-order valence-electron chi connectivity index (χ1n) is 5.25. The lowest BCUT2D eigenvalue weighted by molar-refractivity contribution is 0.964. The van der Waals surface area contributed by atoms with Gasteiger partial charge in [0, 0.05) is 29.7 Å². The van der Waals surface area contributed by atoms with Crippen LogP contribution in [0.1, 0.15) is 0 Å². The van der Waals surface area contributed by atoms with Crippen molar-refractivity contribution in [3.8, 4) is 11.3 Å². The van der Waals surface area contributed by atoms with Gasteiger partial charge in [-0.1, -0.05) is 18.2 Å². The van der Waals surface area contributed by atoms with Crippen LogP contribution in [0.4, 0.5) is 5.95 Å². The maximum absolute atomic E-state index is 5.56. The second-order valence-electron chi connectivity index (χ2n) is 3.87. The van der Waals surface area contributed by atoms with Crippen molar-refractivity contribution in [3.63, 3.8) is 0 Å². The molecule has 0 bridgehead atoms. The Morgan fingerprint density at radius 2 is 2.06 bits per heavy atom. The summed E-state index contributed by atoms with van der Waals surface area (Å²) in [4.78, 5) is 4.20. The molecule has 0 atom stereocenters. The van der Waals surface area contributed by atoms with Gasteiger partial charge in [-0.15, -0.1) is 5.10 Å². The highest BCUT2D eigenvalue weighted by Gasteiger charge is 2.09. The van der Waals surface area contributed by atoms with Crippen molar-refractivity contribution >= 4 is 16.9 Å². The van der Waals surface area contributed by atoms with E-state index in [0.717, 1.165) is 22.2 Å². The Balaban J connectivity index is 2.31. The van der Waals surface area contributed by atoms with Gasteiger partial charge in [-0.05, 0) is 6.07 Å². The third kappa shape index (κ3) is 1.52. The SMILES string of the molecule is Cn1cc(-c2cnnc(N)n2)c2ccccc21. The second kappa shape index (κ2) is 3.55. The topological polar surface area (TPSA) is 69.6 Å². The highest BCUT2D eigenvalue weighted by molar-refractivity contribution is 5.95. The van der Waals surface area contributed by atoms with E-state index in [4.69, 9.17) is 5.73 Å². The molecule has 3 rings (SSSR count). The number of rotatable bonds is 1. The van der Waals surface area contributed by atoms with E-state index in [0.29, 0.717) is 0 Å². The lowest BCUT2D eigenvalue weighted by Gasteiger charge is -1.97. The molecule has 0 saturated heterocycles. The Labute approximate surface area is 97.9 Å². The number of aryl methyl sites for hydroxylation is 1. The molecule has 0 unspecified atom stereocenters. The van der Waals surface area contributed by atoms with Crippen LogP contribution in [-0.4, -0.2) is 19.7 Å². The number of nitrogens with zero attached hydrogens (tertiary/aromatic N) is 4. The fourth-order valence-corrected chi connectivity index (χ4v) is 1.99. The average Bonchev–Trinajstić information content (AvgIpc) is 2.68. The van der Waals surface area contributed by atoms with Crippen molar-refractivity contribution in [2.24, 2.45) is 7.05 Å². The number of fused-ring (bicyclic) bond motifs is 1. The maximum Gasteiger partial charge on any atom is 0.240 e. The number of nitrogen functional groups attached to an aromatic ring is 1. The Bertz CT molecular complexity index is 686. The van der Waals surface area contributed by atoms with Crippen LogP contribution in [0, 0.1) is 0 Å². The van der Waals surface area contributed by atoms with Crippen molar-refractivity contribution in [2.75, 3.05) is 5.73 Å². The highest BCUT2D eigenvalue weighted by Crippen LogP contribution is 2.28. The molecule has 1 aromatic carbocycles. The Hall–Kier alpha value is -2.43. The predicted octanol–water partition coefficient (Wildman–Crippen LogP) is 1.61. The lowest BCUT2D eigenvalue weighted by atomic mass is 10.1. The predicted molar refractivity (Wildman–Crippen MR) is 66.2 cm³/mol. The smallest absolute Gasteiger partial charge is 0.240 e. The standard InChI is InChI=1S/C12H11N5/c1-17-7-9(8-4-2-3-5-11(8)17)10-6-14-16-12(13)15-10/h2-7H,1H3,(H2,13,15,16). The first kappa shape index (κ1) is 9.77. The fraction of sp³-hybridized carbons (Fsp3) is 0.0833. The monoisotopic (exact) mass is 225 g/mol. The van der Waals surface area contributed by atoms with Gasteiger partial charge in [-0.2, -0.15) is 5.10 Å². The summed E-state index contributed by atoms with van der Waals surface area (Å²) in [5.41, 5.74) is 8.47. The van der Waals surface area contributed by atoms with Gasteiger partial charge in [0.25, 0.3) is 0 Å². The summed E-state index contributed by atoms with van der Waals surface area (Å²) in [7, 11) is 2.00. The zero-order valence-corrected chi connectivity index (χ0v) is 9.33. The largest absolute Gasteiger partial charge is 0.366 e. The zero-order chi connectivity index (χ0) is 11.8. The molecule has 5 nitrogen and oxygen atoms in total. The van der Waals surface area contributed by atoms with Crippen molar-refractivity contribution in [3.05, 3.63) is 36.7 Å². The van der Waals surface area contributed by atoms with Crippen LogP contribution in [-0.2, 0) is 7.05 Å². The minimum Gasteiger partial charge on any atom is -0.366 e. The van der Waals surface area contributed by atoms with Crippen LogP contribution in [0.3, 0.4) is 0 Å². The zero-order valence-electron chi connectivity index (χ0n) is 9.33. The van der Waals surface area contributed by atoms with Gasteiger partial charge in [0.15, 0.2) is 0 Å². The van der Waals surface area contributed by atoms with Crippen molar-refractivity contribution < 1.29 is 0 Å². The molecular formula is C12H11N5. The molecule has 0 aliphatic carbocycles. The molecule has 2 aromatic heterocycles. The van der Waals surface area contributed by atoms with Gasteiger partial charge >= 0.3 is 0 Å². The van der Waals surface area contributed by atoms with E-state index in [-0.39, 0.29) is 5.95 Å². The van der Waals surface area contributed by atoms with E-state index in [2.05, 4.69) is 31.9 Å². The van der Waals surface area contributed by atoms with Crippen LogP contribution in [0.2, 0.25) is 0 Å². The number of para-hydroxylation sites is 1. The Kier molecular flexibility index (Phi) is 2.04. The van der Waals surface area contributed by atoms with Crippen LogP contribution < -0.4 is 5.73 Å². The van der Waals surface area contributed by atoms with Crippen LogP contribution >= 0.6 is 0 Å². The maximum atomic E-state index is 5.56. The van der Waals surface area contributed by atoms with Crippen molar-refractivity contribution in [1.82, 2.24) is 19.7 Å². The minimum absolute atomic E-state index is 0.190. The summed E-state index contributed by atoms with van der Waals surface area (Å²) in [6.07, 6.45) is 3.65. The number of hydrogen-bond donors (Lipinski definition) is 1. The summed E-state index contributed by atoms with van der Waals surface area (Å²) in [6.45, 7) is 0. The molecule has 2 heterocycles. The Morgan fingerprint density at radius 3 is 2.88 bits per heavy atom. The molecule has 0 saturated carbocycles. The molecule has 0 fully saturated rings. The third-order valence-corrected chi connectivity index (χ3v) is 2.75. The number of hydrogen-bond acceptors (Lipinski definition) is 4. The molecule has 5 heteroatoms. The van der Waals surface area contributed by atoms with E-state index in [1.807, 2.05) is 25.4 Å². The molecule has 0 radical (unpaired) electrons. The van der Waals surface area contributed by atoms with Gasteiger partial charge in [0.05, 0.1) is 11.9 Å². The fourth-order valence-electron chi connectivity index (χ4n) is 1.99. The molecule has 0 amide bonds. The van der Waals surface area contributed by atoms with E-state index in [9.17, 15) is 0 Å². The molecule has 0 aliphatic heterocycles. The summed E-state index contributed by atoms with van der Waals surface area (Å²) < 4.78 is 2.06.